The quantitative estimate of drug-likeness (QED) is 0.665. The number of carbonyl (C=O) groups excluding carboxylic acids is 1. The van der Waals surface area contributed by atoms with Crippen LogP contribution < -0.4 is 5.32 Å². The SMILES string of the molecule is O=C(Nc1cc([N+](=O)[O-])ccc1C(=O)O)c1ccsc1. The number of benzene rings is 1. The molecule has 2 rings (SSSR count). The highest BCUT2D eigenvalue weighted by atomic mass is 32.1. The Bertz CT molecular complexity index is 681. The third kappa shape index (κ3) is 2.81. The van der Waals surface area contributed by atoms with E-state index >= 15 is 0 Å². The number of carbonyl (C=O) groups is 2. The van der Waals surface area contributed by atoms with E-state index in [1.807, 2.05) is 0 Å². The van der Waals surface area contributed by atoms with Gasteiger partial charge in [-0.2, -0.15) is 11.3 Å². The summed E-state index contributed by atoms with van der Waals surface area (Å²) in [5.41, 5.74) is -0.254. The molecule has 0 aliphatic rings. The van der Waals surface area contributed by atoms with Gasteiger partial charge in [0.1, 0.15) is 0 Å². The molecule has 102 valence electrons. The zero-order chi connectivity index (χ0) is 14.7. The number of anilines is 1. The number of carboxylic acids is 1. The van der Waals surface area contributed by atoms with Gasteiger partial charge in [-0.1, -0.05) is 0 Å². The molecule has 0 saturated carbocycles. The van der Waals surface area contributed by atoms with Crippen molar-refractivity contribution in [2.45, 2.75) is 0 Å². The lowest BCUT2D eigenvalue weighted by Gasteiger charge is -2.07. The van der Waals surface area contributed by atoms with E-state index in [1.165, 1.54) is 11.3 Å². The van der Waals surface area contributed by atoms with Crippen molar-refractivity contribution in [2.24, 2.45) is 0 Å². The lowest BCUT2D eigenvalue weighted by atomic mass is 10.1. The summed E-state index contributed by atoms with van der Waals surface area (Å²) in [6.07, 6.45) is 0. The number of nitrogens with zero attached hydrogens (tertiary/aromatic N) is 1. The summed E-state index contributed by atoms with van der Waals surface area (Å²) in [5, 5.41) is 25.4. The second-order valence-electron chi connectivity index (χ2n) is 3.76. The summed E-state index contributed by atoms with van der Waals surface area (Å²) in [5.74, 6) is -1.80. The van der Waals surface area contributed by atoms with Crippen LogP contribution in [0, 0.1) is 10.1 Å². The van der Waals surface area contributed by atoms with Crippen molar-refractivity contribution in [3.05, 3.63) is 56.3 Å². The van der Waals surface area contributed by atoms with Crippen LogP contribution in [0.1, 0.15) is 20.7 Å². The van der Waals surface area contributed by atoms with Crippen LogP contribution in [0.2, 0.25) is 0 Å². The Labute approximate surface area is 116 Å². The van der Waals surface area contributed by atoms with Gasteiger partial charge < -0.3 is 10.4 Å². The van der Waals surface area contributed by atoms with Gasteiger partial charge in [-0.25, -0.2) is 4.79 Å². The van der Waals surface area contributed by atoms with Crippen LogP contribution in [-0.2, 0) is 0 Å². The molecule has 1 aromatic carbocycles. The second-order valence-corrected chi connectivity index (χ2v) is 4.54. The van der Waals surface area contributed by atoms with Gasteiger partial charge in [-0.3, -0.25) is 14.9 Å². The zero-order valence-corrected chi connectivity index (χ0v) is 10.7. The van der Waals surface area contributed by atoms with Crippen molar-refractivity contribution in [2.75, 3.05) is 5.32 Å². The van der Waals surface area contributed by atoms with Gasteiger partial charge in [0.2, 0.25) is 0 Å². The first-order valence-corrected chi connectivity index (χ1v) is 6.28. The molecule has 8 heteroatoms. The fourth-order valence-corrected chi connectivity index (χ4v) is 2.16. The average Bonchev–Trinajstić information content (AvgIpc) is 2.92. The highest BCUT2D eigenvalue weighted by Crippen LogP contribution is 2.23. The molecule has 20 heavy (non-hydrogen) atoms. The summed E-state index contributed by atoms with van der Waals surface area (Å²) in [6.45, 7) is 0. The number of thiophene rings is 1. The summed E-state index contributed by atoms with van der Waals surface area (Å²) in [6, 6.07) is 4.75. The first-order valence-electron chi connectivity index (χ1n) is 5.34. The van der Waals surface area contributed by atoms with Crippen molar-refractivity contribution in [3.63, 3.8) is 0 Å². The van der Waals surface area contributed by atoms with Crippen molar-refractivity contribution in [3.8, 4) is 0 Å². The van der Waals surface area contributed by atoms with E-state index < -0.39 is 16.8 Å². The van der Waals surface area contributed by atoms with Gasteiger partial charge in [0.05, 0.1) is 21.7 Å². The predicted molar refractivity (Wildman–Crippen MR) is 72.3 cm³/mol. The number of nitro groups is 1. The molecule has 0 atom stereocenters. The molecular formula is C12H8N2O5S. The topological polar surface area (TPSA) is 110 Å². The molecule has 0 saturated heterocycles. The monoisotopic (exact) mass is 292 g/mol. The van der Waals surface area contributed by atoms with Crippen molar-refractivity contribution < 1.29 is 19.6 Å². The predicted octanol–water partition coefficient (Wildman–Crippen LogP) is 2.61. The molecule has 2 aromatic rings. The number of hydrogen-bond donors (Lipinski definition) is 2. The largest absolute Gasteiger partial charge is 0.478 e. The van der Waals surface area contributed by atoms with Crippen molar-refractivity contribution >= 4 is 34.6 Å². The summed E-state index contributed by atoms with van der Waals surface area (Å²) < 4.78 is 0. The lowest BCUT2D eigenvalue weighted by Crippen LogP contribution is -2.14. The Hall–Kier alpha value is -2.74. The molecule has 0 aliphatic carbocycles. The van der Waals surface area contributed by atoms with Crippen LogP contribution in [-0.4, -0.2) is 21.9 Å². The maximum atomic E-state index is 11.9. The Kier molecular flexibility index (Phi) is 3.76. The summed E-state index contributed by atoms with van der Waals surface area (Å²) >= 11 is 1.31. The summed E-state index contributed by atoms with van der Waals surface area (Å²) in [7, 11) is 0. The zero-order valence-electron chi connectivity index (χ0n) is 9.90. The Morgan fingerprint density at radius 1 is 1.30 bits per heavy atom. The molecule has 0 bridgehead atoms. The molecule has 1 amide bonds. The van der Waals surface area contributed by atoms with E-state index in [0.29, 0.717) is 5.56 Å². The number of nitro benzene ring substituents is 1. The number of hydrogen-bond acceptors (Lipinski definition) is 5. The van der Waals surface area contributed by atoms with Gasteiger partial charge in [-0.15, -0.1) is 0 Å². The van der Waals surface area contributed by atoms with E-state index in [1.54, 1.807) is 16.8 Å². The maximum absolute atomic E-state index is 11.9. The molecule has 7 nitrogen and oxygen atoms in total. The number of nitrogens with one attached hydrogen (secondary N) is 1. The van der Waals surface area contributed by atoms with Crippen LogP contribution >= 0.6 is 11.3 Å². The number of non-ortho nitro benzene ring substituents is 1. The molecule has 1 heterocycles. The number of amides is 1. The van der Waals surface area contributed by atoms with Crippen molar-refractivity contribution in [1.82, 2.24) is 0 Å². The van der Waals surface area contributed by atoms with Gasteiger partial charge in [0, 0.05) is 17.5 Å². The van der Waals surface area contributed by atoms with Crippen LogP contribution in [0.3, 0.4) is 0 Å². The summed E-state index contributed by atoms with van der Waals surface area (Å²) in [4.78, 5) is 33.0. The van der Waals surface area contributed by atoms with Gasteiger partial charge in [-0.05, 0) is 17.5 Å². The van der Waals surface area contributed by atoms with Crippen molar-refractivity contribution in [1.29, 1.82) is 0 Å². The normalized spacial score (nSPS) is 10.0. The highest BCUT2D eigenvalue weighted by molar-refractivity contribution is 7.08. The molecule has 2 N–H and O–H groups in total. The van der Waals surface area contributed by atoms with E-state index in [4.69, 9.17) is 5.11 Å². The third-order valence-corrected chi connectivity index (χ3v) is 3.16. The Morgan fingerprint density at radius 3 is 2.60 bits per heavy atom. The fourth-order valence-electron chi connectivity index (χ4n) is 1.52. The van der Waals surface area contributed by atoms with Crippen LogP contribution in [0.15, 0.2) is 35.0 Å². The van der Waals surface area contributed by atoms with Crippen LogP contribution in [0.5, 0.6) is 0 Å². The lowest BCUT2D eigenvalue weighted by molar-refractivity contribution is -0.384. The van der Waals surface area contributed by atoms with E-state index in [2.05, 4.69) is 5.32 Å². The standard InChI is InChI=1S/C12H8N2O5S/c15-11(7-3-4-20-6-7)13-10-5-8(14(18)19)1-2-9(10)12(16)17/h1-6H,(H,13,15)(H,16,17). The molecule has 0 spiro atoms. The minimum atomic E-state index is -1.28. The molecule has 0 fully saturated rings. The Morgan fingerprint density at radius 2 is 2.05 bits per heavy atom. The smallest absolute Gasteiger partial charge is 0.337 e. The molecule has 0 unspecified atom stereocenters. The van der Waals surface area contributed by atoms with E-state index in [-0.39, 0.29) is 16.9 Å². The number of aromatic carboxylic acids is 1. The first-order chi connectivity index (χ1) is 9.49. The minimum absolute atomic E-state index is 0.108. The number of carboxylic acid groups (broad SMARTS) is 1. The molecule has 1 aromatic heterocycles. The molecule has 0 aliphatic heterocycles. The molecule has 0 radical (unpaired) electrons. The fraction of sp³-hybridized carbons (Fsp3) is 0. The Balaban J connectivity index is 2.37. The third-order valence-electron chi connectivity index (χ3n) is 2.48. The highest BCUT2D eigenvalue weighted by Gasteiger charge is 2.17. The second kappa shape index (κ2) is 5.49. The molecular weight excluding hydrogens is 284 g/mol. The maximum Gasteiger partial charge on any atom is 0.337 e. The van der Waals surface area contributed by atoms with E-state index in [9.17, 15) is 19.7 Å². The first kappa shape index (κ1) is 13.7. The van der Waals surface area contributed by atoms with E-state index in [0.717, 1.165) is 18.2 Å². The van der Waals surface area contributed by atoms with Gasteiger partial charge >= 0.3 is 5.97 Å². The van der Waals surface area contributed by atoms with Crippen LogP contribution in [0.25, 0.3) is 0 Å². The number of rotatable bonds is 4. The van der Waals surface area contributed by atoms with Gasteiger partial charge in [0.25, 0.3) is 11.6 Å². The van der Waals surface area contributed by atoms with Crippen LogP contribution in [0.4, 0.5) is 11.4 Å². The average molecular weight is 292 g/mol. The minimum Gasteiger partial charge on any atom is -0.478 e. The van der Waals surface area contributed by atoms with Gasteiger partial charge in [0.15, 0.2) is 0 Å².